The van der Waals surface area contributed by atoms with Crippen molar-refractivity contribution in [1.29, 1.82) is 0 Å². The zero-order valence-electron chi connectivity index (χ0n) is 9.24. The second kappa shape index (κ2) is 4.71. The van der Waals surface area contributed by atoms with E-state index < -0.39 is 10.0 Å². The minimum atomic E-state index is -3.39. The van der Waals surface area contributed by atoms with Crippen LogP contribution in [0.2, 0.25) is 0 Å². The molecule has 0 radical (unpaired) electrons. The third kappa shape index (κ3) is 2.95. The molecule has 2 N–H and O–H groups in total. The molecule has 1 saturated heterocycles. The average Bonchev–Trinajstić information content (AvgIpc) is 3.05. The minimum Gasteiger partial charge on any atom is -0.306 e. The number of rotatable bonds is 3. The fourth-order valence-electron chi connectivity index (χ4n) is 1.93. The number of sulfonamides is 1. The molecule has 0 aromatic rings. The van der Waals surface area contributed by atoms with E-state index in [4.69, 9.17) is 0 Å². The highest BCUT2D eigenvalue weighted by Gasteiger charge is 2.37. The summed E-state index contributed by atoms with van der Waals surface area (Å²) < 4.78 is 25.3. The molecule has 2 rings (SSSR count). The Morgan fingerprint density at radius 2 is 1.88 bits per heavy atom. The van der Waals surface area contributed by atoms with Gasteiger partial charge in [0.05, 0.1) is 11.3 Å². The minimum absolute atomic E-state index is 0.331. The van der Waals surface area contributed by atoms with Crippen LogP contribution in [0.1, 0.15) is 38.5 Å². The van der Waals surface area contributed by atoms with Crippen LogP contribution in [0.15, 0.2) is 0 Å². The van der Waals surface area contributed by atoms with Gasteiger partial charge in [0.2, 0.25) is 10.0 Å². The number of nitrogens with one attached hydrogen (secondary N) is 2. The summed E-state index contributed by atoms with van der Waals surface area (Å²) >= 11 is 0. The molecule has 2 fully saturated rings. The molecular weight excluding hydrogens is 228 g/mol. The zero-order valence-corrected chi connectivity index (χ0v) is 10.1. The van der Waals surface area contributed by atoms with Gasteiger partial charge in [-0.05, 0) is 32.2 Å². The number of hydrogen-bond acceptors (Lipinski definition) is 4. The summed E-state index contributed by atoms with van der Waals surface area (Å²) in [7, 11) is -3.39. The van der Waals surface area contributed by atoms with E-state index in [0.717, 1.165) is 32.2 Å². The first kappa shape index (κ1) is 11.9. The van der Waals surface area contributed by atoms with E-state index in [1.165, 1.54) is 0 Å². The van der Waals surface area contributed by atoms with Gasteiger partial charge in [0.1, 0.15) is 0 Å². The molecule has 0 spiro atoms. The first-order valence-corrected chi connectivity index (χ1v) is 7.43. The lowest BCUT2D eigenvalue weighted by Crippen LogP contribution is -2.46. The molecule has 1 saturated carbocycles. The van der Waals surface area contributed by atoms with Crippen LogP contribution in [0, 0.1) is 0 Å². The van der Waals surface area contributed by atoms with Crippen molar-refractivity contribution >= 4 is 15.9 Å². The largest absolute Gasteiger partial charge is 0.306 e. The van der Waals surface area contributed by atoms with E-state index >= 15 is 0 Å². The Labute approximate surface area is 96.0 Å². The number of hydrogen-bond donors (Lipinski definition) is 2. The Morgan fingerprint density at radius 1 is 1.12 bits per heavy atom. The fraction of sp³-hybridized carbons (Fsp3) is 0.900. The van der Waals surface area contributed by atoms with Gasteiger partial charge in [0.25, 0.3) is 5.91 Å². The Bertz CT molecular complexity index is 354. The van der Waals surface area contributed by atoms with Crippen molar-refractivity contribution in [3.8, 4) is 0 Å². The van der Waals surface area contributed by atoms with Crippen LogP contribution >= 0.6 is 0 Å². The molecule has 1 aliphatic carbocycles. The molecule has 2 aliphatic rings. The predicted octanol–water partition coefficient (Wildman–Crippen LogP) is 0.127. The van der Waals surface area contributed by atoms with Gasteiger partial charge >= 0.3 is 0 Å². The highest BCUT2D eigenvalue weighted by Crippen LogP contribution is 2.27. The van der Waals surface area contributed by atoms with Crippen LogP contribution in [0.25, 0.3) is 0 Å². The summed E-state index contributed by atoms with van der Waals surface area (Å²) in [5.41, 5.74) is 0. The molecule has 0 aromatic heterocycles. The van der Waals surface area contributed by atoms with Crippen LogP contribution in [-0.4, -0.2) is 32.2 Å². The molecule has 1 aliphatic heterocycles. The maximum absolute atomic E-state index is 11.7. The lowest BCUT2D eigenvalue weighted by Gasteiger charge is -2.15. The lowest BCUT2D eigenvalue weighted by atomic mass is 10.1. The van der Waals surface area contributed by atoms with Gasteiger partial charge in [0, 0.05) is 0 Å². The van der Waals surface area contributed by atoms with Crippen LogP contribution in [0.3, 0.4) is 0 Å². The Morgan fingerprint density at radius 3 is 2.56 bits per heavy atom. The maximum atomic E-state index is 11.7. The highest BCUT2D eigenvalue weighted by atomic mass is 32.2. The molecular formula is C10H18N2O3S. The summed E-state index contributed by atoms with van der Waals surface area (Å²) in [5.74, 6) is -0.381. The van der Waals surface area contributed by atoms with Crippen molar-refractivity contribution in [2.24, 2.45) is 0 Å². The Balaban J connectivity index is 1.91. The van der Waals surface area contributed by atoms with Crippen molar-refractivity contribution < 1.29 is 13.2 Å². The number of carbonyl (C=O) groups is 1. The van der Waals surface area contributed by atoms with E-state index in [0.29, 0.717) is 12.8 Å². The summed E-state index contributed by atoms with van der Waals surface area (Å²) in [5, 5.41) is 2.76. The van der Waals surface area contributed by atoms with Gasteiger partial charge in [-0.3, -0.25) is 9.52 Å². The topological polar surface area (TPSA) is 75.3 Å². The van der Waals surface area contributed by atoms with Crippen LogP contribution in [0.4, 0.5) is 0 Å². The molecule has 1 unspecified atom stereocenters. The quantitative estimate of drug-likeness (QED) is 0.742. The first-order chi connectivity index (χ1) is 7.59. The molecule has 1 atom stereocenters. The van der Waals surface area contributed by atoms with Gasteiger partial charge in [-0.25, -0.2) is 8.42 Å². The molecule has 0 aromatic carbocycles. The van der Waals surface area contributed by atoms with Crippen molar-refractivity contribution in [2.45, 2.75) is 49.8 Å². The van der Waals surface area contributed by atoms with E-state index in [1.807, 2.05) is 0 Å². The van der Waals surface area contributed by atoms with Crippen molar-refractivity contribution in [3.05, 3.63) is 0 Å². The predicted molar refractivity (Wildman–Crippen MR) is 60.3 cm³/mol. The standard InChI is InChI=1S/C10H18N2O3S/c13-10(9-4-2-1-3-7-11-9)12-16(14,15)8-5-6-8/h8-9,11H,1-7H2,(H,12,13). The highest BCUT2D eigenvalue weighted by molar-refractivity contribution is 7.90. The van der Waals surface area contributed by atoms with Gasteiger partial charge in [-0.15, -0.1) is 0 Å². The summed E-state index contributed by atoms with van der Waals surface area (Å²) in [6.07, 6.45) is 5.23. The van der Waals surface area contributed by atoms with Crippen molar-refractivity contribution in [3.63, 3.8) is 0 Å². The van der Waals surface area contributed by atoms with E-state index in [-0.39, 0.29) is 17.2 Å². The van der Waals surface area contributed by atoms with Gasteiger partial charge < -0.3 is 5.32 Å². The van der Waals surface area contributed by atoms with Crippen LogP contribution in [0.5, 0.6) is 0 Å². The van der Waals surface area contributed by atoms with Gasteiger partial charge in [0.15, 0.2) is 0 Å². The van der Waals surface area contributed by atoms with Crippen LogP contribution in [-0.2, 0) is 14.8 Å². The third-order valence-corrected chi connectivity index (χ3v) is 4.92. The Kier molecular flexibility index (Phi) is 3.49. The lowest BCUT2D eigenvalue weighted by molar-refractivity contribution is -0.121. The van der Waals surface area contributed by atoms with E-state index in [9.17, 15) is 13.2 Å². The van der Waals surface area contributed by atoms with Gasteiger partial charge in [-0.1, -0.05) is 12.8 Å². The normalized spacial score (nSPS) is 27.1. The average molecular weight is 246 g/mol. The zero-order chi connectivity index (χ0) is 11.6. The molecule has 5 nitrogen and oxygen atoms in total. The molecule has 16 heavy (non-hydrogen) atoms. The molecule has 0 bridgehead atoms. The fourth-order valence-corrected chi connectivity index (χ4v) is 3.27. The van der Waals surface area contributed by atoms with Crippen LogP contribution < -0.4 is 10.0 Å². The summed E-state index contributed by atoms with van der Waals surface area (Å²) in [4.78, 5) is 11.7. The number of amides is 1. The summed E-state index contributed by atoms with van der Waals surface area (Å²) in [6.45, 7) is 0.793. The Hall–Kier alpha value is -0.620. The molecule has 1 amide bonds. The monoisotopic (exact) mass is 246 g/mol. The van der Waals surface area contributed by atoms with Crippen molar-refractivity contribution in [2.75, 3.05) is 6.54 Å². The van der Waals surface area contributed by atoms with E-state index in [2.05, 4.69) is 10.0 Å². The van der Waals surface area contributed by atoms with Gasteiger partial charge in [-0.2, -0.15) is 0 Å². The number of carbonyl (C=O) groups excluding carboxylic acids is 1. The molecule has 92 valence electrons. The second-order valence-corrected chi connectivity index (χ2v) is 6.53. The molecule has 1 heterocycles. The second-order valence-electron chi connectivity index (χ2n) is 4.57. The molecule has 6 heteroatoms. The third-order valence-electron chi connectivity index (χ3n) is 3.08. The first-order valence-electron chi connectivity index (χ1n) is 5.88. The SMILES string of the molecule is O=C(NS(=O)(=O)C1CC1)C1CCCCCN1. The van der Waals surface area contributed by atoms with E-state index in [1.54, 1.807) is 0 Å². The summed E-state index contributed by atoms with van der Waals surface area (Å²) in [6, 6.07) is -0.337. The maximum Gasteiger partial charge on any atom is 0.250 e. The smallest absolute Gasteiger partial charge is 0.250 e. The van der Waals surface area contributed by atoms with Crippen molar-refractivity contribution in [1.82, 2.24) is 10.0 Å².